The fraction of sp³-hybridized carbons (Fsp3) is 0.381. The molecule has 1 aliphatic heterocycles. The standard InChI is InChI=1S/C21H20F5N5O2S/c1-12-17-15(20(30-29-12)27-11-13-3-2-4-14(9-13)19(22)23)10-16(18(28-17)21(24,25)26)31-5-7-34(32,33)8-6-31/h2-4,9-10,19H,5-8,11H2,1H3,(H,27,30). The van der Waals surface area contributed by atoms with E-state index in [4.69, 9.17) is 0 Å². The van der Waals surface area contributed by atoms with Gasteiger partial charge in [0.25, 0.3) is 6.43 Å². The van der Waals surface area contributed by atoms with Crippen LogP contribution in [0.3, 0.4) is 0 Å². The summed E-state index contributed by atoms with van der Waals surface area (Å²) >= 11 is 0. The molecule has 0 amide bonds. The number of fused-ring (bicyclic) bond motifs is 1. The monoisotopic (exact) mass is 501 g/mol. The topological polar surface area (TPSA) is 88.1 Å². The van der Waals surface area contributed by atoms with E-state index in [1.807, 2.05) is 0 Å². The van der Waals surface area contributed by atoms with Crippen LogP contribution in [0.1, 0.15) is 28.9 Å². The van der Waals surface area contributed by atoms with Gasteiger partial charge in [-0.05, 0) is 24.6 Å². The molecule has 1 aromatic carbocycles. The minimum atomic E-state index is -4.78. The van der Waals surface area contributed by atoms with Gasteiger partial charge in [0.1, 0.15) is 0 Å². The fourth-order valence-electron chi connectivity index (χ4n) is 3.74. The van der Waals surface area contributed by atoms with Gasteiger partial charge in [-0.25, -0.2) is 22.2 Å². The van der Waals surface area contributed by atoms with Crippen molar-refractivity contribution in [3.63, 3.8) is 0 Å². The number of hydrogen-bond acceptors (Lipinski definition) is 7. The Morgan fingerprint density at radius 3 is 2.47 bits per heavy atom. The Labute approximate surface area is 191 Å². The van der Waals surface area contributed by atoms with E-state index in [-0.39, 0.29) is 64.8 Å². The number of alkyl halides is 5. The summed E-state index contributed by atoms with van der Waals surface area (Å²) in [5.74, 6) is -0.390. The molecule has 182 valence electrons. The predicted octanol–water partition coefficient (Wildman–Crippen LogP) is 4.14. The van der Waals surface area contributed by atoms with Crippen molar-refractivity contribution < 1.29 is 30.4 Å². The lowest BCUT2D eigenvalue weighted by Gasteiger charge is -2.30. The van der Waals surface area contributed by atoms with Gasteiger partial charge >= 0.3 is 6.18 Å². The first-order valence-electron chi connectivity index (χ1n) is 10.3. The molecule has 2 aromatic heterocycles. The maximum absolute atomic E-state index is 13.9. The van der Waals surface area contributed by atoms with Crippen molar-refractivity contribution in [2.75, 3.05) is 34.8 Å². The molecule has 0 bridgehead atoms. The molecule has 0 saturated carbocycles. The van der Waals surface area contributed by atoms with E-state index in [9.17, 15) is 30.4 Å². The molecular weight excluding hydrogens is 481 g/mol. The molecule has 1 aliphatic rings. The van der Waals surface area contributed by atoms with Crippen molar-refractivity contribution in [1.29, 1.82) is 0 Å². The number of nitrogens with zero attached hydrogens (tertiary/aromatic N) is 4. The van der Waals surface area contributed by atoms with Gasteiger partial charge < -0.3 is 10.2 Å². The van der Waals surface area contributed by atoms with Crippen LogP contribution in [0.5, 0.6) is 0 Å². The molecule has 1 saturated heterocycles. The molecule has 7 nitrogen and oxygen atoms in total. The first-order valence-corrected chi connectivity index (χ1v) is 12.1. The van der Waals surface area contributed by atoms with Gasteiger partial charge in [0.05, 0.1) is 28.4 Å². The number of aromatic nitrogens is 3. The Bertz CT molecular complexity index is 1320. The number of halogens is 5. The van der Waals surface area contributed by atoms with Crippen LogP contribution in [-0.2, 0) is 22.6 Å². The first-order chi connectivity index (χ1) is 15.9. The summed E-state index contributed by atoms with van der Waals surface area (Å²) in [6.07, 6.45) is -7.42. The van der Waals surface area contributed by atoms with Gasteiger partial charge in [0, 0.05) is 30.6 Å². The van der Waals surface area contributed by atoms with E-state index >= 15 is 0 Å². The summed E-state index contributed by atoms with van der Waals surface area (Å²) in [6.45, 7) is 1.36. The Hall–Kier alpha value is -3.09. The number of sulfone groups is 1. The number of rotatable bonds is 5. The minimum Gasteiger partial charge on any atom is -0.368 e. The normalized spacial score (nSPS) is 16.3. The molecule has 0 spiro atoms. The number of pyridine rings is 1. The van der Waals surface area contributed by atoms with Crippen LogP contribution in [0.2, 0.25) is 0 Å². The average Bonchev–Trinajstić information content (AvgIpc) is 2.77. The van der Waals surface area contributed by atoms with Crippen LogP contribution in [-0.4, -0.2) is 48.2 Å². The molecule has 34 heavy (non-hydrogen) atoms. The van der Waals surface area contributed by atoms with Crippen molar-refractivity contribution in [2.45, 2.75) is 26.1 Å². The third kappa shape index (κ3) is 5.03. The smallest absolute Gasteiger partial charge is 0.368 e. The molecule has 13 heteroatoms. The van der Waals surface area contributed by atoms with Crippen molar-refractivity contribution in [3.8, 4) is 0 Å². The van der Waals surface area contributed by atoms with Crippen molar-refractivity contribution in [2.24, 2.45) is 0 Å². The van der Waals surface area contributed by atoms with Crippen molar-refractivity contribution in [1.82, 2.24) is 15.2 Å². The average molecular weight is 501 g/mol. The van der Waals surface area contributed by atoms with E-state index < -0.39 is 28.1 Å². The summed E-state index contributed by atoms with van der Waals surface area (Å²) in [7, 11) is -3.31. The zero-order chi connectivity index (χ0) is 24.7. The molecule has 0 unspecified atom stereocenters. The number of hydrogen-bond donors (Lipinski definition) is 1. The summed E-state index contributed by atoms with van der Waals surface area (Å²) in [4.78, 5) is 5.20. The molecule has 1 fully saturated rings. The summed E-state index contributed by atoms with van der Waals surface area (Å²) in [5, 5.41) is 11.1. The predicted molar refractivity (Wildman–Crippen MR) is 117 cm³/mol. The highest BCUT2D eigenvalue weighted by atomic mass is 32.2. The van der Waals surface area contributed by atoms with Gasteiger partial charge in [-0.1, -0.05) is 18.2 Å². The number of aryl methyl sites for hydroxylation is 1. The highest BCUT2D eigenvalue weighted by Crippen LogP contribution is 2.39. The Morgan fingerprint density at radius 1 is 1.12 bits per heavy atom. The molecule has 0 radical (unpaired) electrons. The van der Waals surface area contributed by atoms with Crippen molar-refractivity contribution >= 4 is 32.2 Å². The van der Waals surface area contributed by atoms with Gasteiger partial charge in [0.2, 0.25) is 0 Å². The lowest BCUT2D eigenvalue weighted by atomic mass is 10.1. The number of anilines is 2. The SMILES string of the molecule is Cc1nnc(NCc2cccc(C(F)F)c2)c2cc(N3CCS(=O)(=O)CC3)c(C(F)(F)F)nc12. The molecule has 3 aromatic rings. The lowest BCUT2D eigenvalue weighted by molar-refractivity contribution is -0.140. The highest BCUT2D eigenvalue weighted by Gasteiger charge is 2.39. The first kappa shape index (κ1) is 24.0. The summed E-state index contributed by atoms with van der Waals surface area (Å²) in [6, 6.07) is 7.01. The van der Waals surface area contributed by atoms with Crippen LogP contribution in [0.4, 0.5) is 33.5 Å². The number of nitrogens with one attached hydrogen (secondary N) is 1. The van der Waals surface area contributed by atoms with Gasteiger partial charge in [-0.2, -0.15) is 18.3 Å². The molecule has 4 rings (SSSR count). The van der Waals surface area contributed by atoms with E-state index in [2.05, 4.69) is 20.5 Å². The Kier molecular flexibility index (Phi) is 6.32. The minimum absolute atomic E-state index is 0.0143. The highest BCUT2D eigenvalue weighted by molar-refractivity contribution is 7.91. The van der Waals surface area contributed by atoms with Crippen LogP contribution in [0.25, 0.3) is 10.9 Å². The van der Waals surface area contributed by atoms with E-state index in [0.717, 1.165) is 0 Å². The van der Waals surface area contributed by atoms with E-state index in [1.54, 1.807) is 6.07 Å². The van der Waals surface area contributed by atoms with Gasteiger partial charge in [0.15, 0.2) is 21.3 Å². The third-order valence-electron chi connectivity index (χ3n) is 5.52. The van der Waals surface area contributed by atoms with Crippen LogP contribution in [0, 0.1) is 6.92 Å². The van der Waals surface area contributed by atoms with Crippen molar-refractivity contribution in [3.05, 3.63) is 52.8 Å². The quantitative estimate of drug-likeness (QED) is 0.526. The second-order valence-corrected chi connectivity index (χ2v) is 10.2. The fourth-order valence-corrected chi connectivity index (χ4v) is 4.94. The lowest BCUT2D eigenvalue weighted by Crippen LogP contribution is -2.41. The largest absolute Gasteiger partial charge is 0.435 e. The summed E-state index contributed by atoms with van der Waals surface area (Å²) < 4.78 is 91.1. The van der Waals surface area contributed by atoms with Crippen LogP contribution in [0.15, 0.2) is 30.3 Å². The zero-order valence-corrected chi connectivity index (χ0v) is 18.7. The Morgan fingerprint density at radius 2 is 1.82 bits per heavy atom. The zero-order valence-electron chi connectivity index (χ0n) is 17.9. The van der Waals surface area contributed by atoms with Gasteiger partial charge in [-0.3, -0.25) is 0 Å². The van der Waals surface area contributed by atoms with Crippen LogP contribution >= 0.6 is 0 Å². The maximum Gasteiger partial charge on any atom is 0.435 e. The molecule has 0 atom stereocenters. The molecule has 3 heterocycles. The molecule has 0 aliphatic carbocycles. The maximum atomic E-state index is 13.9. The molecular formula is C21H20F5N5O2S. The van der Waals surface area contributed by atoms with E-state index in [0.29, 0.717) is 5.56 Å². The van der Waals surface area contributed by atoms with Crippen LogP contribution < -0.4 is 10.2 Å². The van der Waals surface area contributed by atoms with Gasteiger partial charge in [-0.15, -0.1) is 5.10 Å². The molecule has 1 N–H and O–H groups in total. The third-order valence-corrected chi connectivity index (χ3v) is 7.13. The Balaban J connectivity index is 1.75. The number of benzene rings is 1. The van der Waals surface area contributed by atoms with E-state index in [1.165, 1.54) is 36.1 Å². The second kappa shape index (κ2) is 8.93. The second-order valence-electron chi connectivity index (χ2n) is 7.92. The summed E-state index contributed by atoms with van der Waals surface area (Å²) in [5.41, 5.74) is -0.846.